The van der Waals surface area contributed by atoms with Crippen LogP contribution in [0.3, 0.4) is 0 Å². The number of nitrogens with one attached hydrogen (secondary N) is 2. The molecule has 2 amide bonds. The Kier molecular flexibility index (Phi) is 10.1. The van der Waals surface area contributed by atoms with Crippen molar-refractivity contribution in [3.63, 3.8) is 0 Å². The van der Waals surface area contributed by atoms with E-state index in [1.54, 1.807) is 43.1 Å². The molecule has 1 saturated heterocycles. The van der Waals surface area contributed by atoms with Crippen LogP contribution >= 0.6 is 11.6 Å². The van der Waals surface area contributed by atoms with Crippen LogP contribution in [-0.4, -0.2) is 53.6 Å². The smallest absolute Gasteiger partial charge is 0.412 e. The van der Waals surface area contributed by atoms with Crippen LogP contribution in [-0.2, 0) is 24.7 Å². The predicted octanol–water partition coefficient (Wildman–Crippen LogP) is 7.40. The lowest BCUT2D eigenvalue weighted by Gasteiger charge is -2.45. The molecule has 12 heteroatoms. The summed E-state index contributed by atoms with van der Waals surface area (Å²) in [6, 6.07) is 9.90. The van der Waals surface area contributed by atoms with E-state index in [1.807, 2.05) is 6.92 Å². The molecule has 2 aromatic carbocycles. The number of rotatable bonds is 10. The molecule has 0 radical (unpaired) electrons. The molecule has 3 heterocycles. The number of nitrogens with zero attached hydrogens (tertiary/aromatic N) is 2. The Labute approximate surface area is 271 Å². The van der Waals surface area contributed by atoms with Gasteiger partial charge < -0.3 is 19.7 Å². The lowest BCUT2D eigenvalue weighted by Crippen LogP contribution is -2.54. The number of amides is 2. The second-order valence-electron chi connectivity index (χ2n) is 11.6. The maximum absolute atomic E-state index is 15.5. The minimum absolute atomic E-state index is 0.0461. The first kappa shape index (κ1) is 33.1. The van der Waals surface area contributed by atoms with E-state index in [0.29, 0.717) is 48.3 Å². The molecule has 0 bridgehead atoms. The van der Waals surface area contributed by atoms with Gasteiger partial charge in [-0.3, -0.25) is 15.1 Å². The number of ether oxygens (including phenoxy) is 2. The van der Waals surface area contributed by atoms with Crippen molar-refractivity contribution in [2.75, 3.05) is 30.3 Å². The van der Waals surface area contributed by atoms with E-state index in [-0.39, 0.29) is 35.3 Å². The van der Waals surface area contributed by atoms with Gasteiger partial charge in [0.25, 0.3) is 0 Å². The number of hydrogen-bond donors (Lipinski definition) is 2. The molecule has 1 spiro atoms. The molecule has 1 fully saturated rings. The first-order valence-electron chi connectivity index (χ1n) is 15.5. The average Bonchev–Trinajstić information content (AvgIpc) is 3.03. The molecule has 2 aliphatic heterocycles. The SMILES string of the molecule is CCCCC(C(=O)N1CCC[C@@]2(C1)OC(=O)Nc1ccc(Cl)c(F)c12)c1cc(-c2cc(F)ccc2NC(C)C(=O)OCC)ccn1. The van der Waals surface area contributed by atoms with Crippen LogP contribution in [0.1, 0.15) is 70.1 Å². The molecule has 0 saturated carbocycles. The molecule has 3 aromatic rings. The summed E-state index contributed by atoms with van der Waals surface area (Å²) in [5.41, 5.74) is 1.09. The van der Waals surface area contributed by atoms with Gasteiger partial charge in [0.15, 0.2) is 11.4 Å². The lowest BCUT2D eigenvalue weighted by atomic mass is 9.82. The van der Waals surface area contributed by atoms with Gasteiger partial charge in [0.2, 0.25) is 5.91 Å². The number of fused-ring (bicyclic) bond motifs is 2. The number of pyridine rings is 1. The van der Waals surface area contributed by atoms with Gasteiger partial charge in [-0.25, -0.2) is 18.4 Å². The molecule has 3 atom stereocenters. The highest BCUT2D eigenvalue weighted by Gasteiger charge is 2.49. The summed E-state index contributed by atoms with van der Waals surface area (Å²) >= 11 is 6.13. The number of benzene rings is 2. The van der Waals surface area contributed by atoms with Crippen molar-refractivity contribution in [1.82, 2.24) is 9.88 Å². The number of carbonyl (C=O) groups excluding carboxylic acids is 3. The minimum atomic E-state index is -1.40. The van der Waals surface area contributed by atoms with Gasteiger partial charge in [-0.15, -0.1) is 0 Å². The number of piperidine rings is 1. The predicted molar refractivity (Wildman–Crippen MR) is 171 cm³/mol. The van der Waals surface area contributed by atoms with Gasteiger partial charge in [-0.2, -0.15) is 0 Å². The highest BCUT2D eigenvalue weighted by molar-refractivity contribution is 6.31. The van der Waals surface area contributed by atoms with E-state index in [0.717, 1.165) is 12.8 Å². The molecule has 244 valence electrons. The monoisotopic (exact) mass is 654 g/mol. The van der Waals surface area contributed by atoms with Crippen LogP contribution in [0, 0.1) is 11.6 Å². The van der Waals surface area contributed by atoms with Gasteiger partial charge in [-0.1, -0.05) is 31.4 Å². The summed E-state index contributed by atoms with van der Waals surface area (Å²) < 4.78 is 40.9. The summed E-state index contributed by atoms with van der Waals surface area (Å²) in [5.74, 6) is -2.50. The fourth-order valence-electron chi connectivity index (χ4n) is 6.24. The molecule has 2 aliphatic rings. The first-order chi connectivity index (χ1) is 22.1. The largest absolute Gasteiger partial charge is 0.464 e. The van der Waals surface area contributed by atoms with Crippen LogP contribution in [0.2, 0.25) is 5.02 Å². The molecule has 2 unspecified atom stereocenters. The van der Waals surface area contributed by atoms with Crippen molar-refractivity contribution in [3.05, 3.63) is 76.6 Å². The fraction of sp³-hybridized carbons (Fsp3) is 0.412. The topological polar surface area (TPSA) is 110 Å². The highest BCUT2D eigenvalue weighted by Crippen LogP contribution is 2.46. The van der Waals surface area contributed by atoms with Crippen molar-refractivity contribution in [3.8, 4) is 11.1 Å². The van der Waals surface area contributed by atoms with E-state index in [9.17, 15) is 18.8 Å². The van der Waals surface area contributed by atoms with E-state index in [1.165, 1.54) is 24.3 Å². The molecule has 9 nitrogen and oxygen atoms in total. The van der Waals surface area contributed by atoms with Gasteiger partial charge in [0, 0.05) is 24.0 Å². The molecular weight excluding hydrogens is 618 g/mol. The molecule has 5 rings (SSSR count). The minimum Gasteiger partial charge on any atom is -0.464 e. The zero-order valence-electron chi connectivity index (χ0n) is 26.0. The first-order valence-corrected chi connectivity index (χ1v) is 15.9. The van der Waals surface area contributed by atoms with Crippen molar-refractivity contribution in [2.45, 2.75) is 70.4 Å². The molecule has 46 heavy (non-hydrogen) atoms. The number of hydrogen-bond acceptors (Lipinski definition) is 7. The van der Waals surface area contributed by atoms with Crippen LogP contribution in [0.4, 0.5) is 25.0 Å². The van der Waals surface area contributed by atoms with E-state index in [2.05, 4.69) is 15.6 Å². The summed E-state index contributed by atoms with van der Waals surface area (Å²) in [4.78, 5) is 45.4. The fourth-order valence-corrected chi connectivity index (χ4v) is 6.39. The van der Waals surface area contributed by atoms with Crippen LogP contribution in [0.15, 0.2) is 48.7 Å². The third kappa shape index (κ3) is 6.79. The lowest BCUT2D eigenvalue weighted by molar-refractivity contribution is -0.143. The Morgan fingerprint density at radius 1 is 1.20 bits per heavy atom. The highest BCUT2D eigenvalue weighted by atomic mass is 35.5. The van der Waals surface area contributed by atoms with Gasteiger partial charge in [-0.05, 0) is 81.1 Å². The Hall–Kier alpha value is -4.25. The normalized spacial score (nSPS) is 18.7. The number of esters is 1. The molecule has 1 aromatic heterocycles. The maximum Gasteiger partial charge on any atom is 0.412 e. The third-order valence-corrected chi connectivity index (χ3v) is 8.72. The second-order valence-corrected chi connectivity index (χ2v) is 12.0. The maximum atomic E-state index is 15.5. The average molecular weight is 655 g/mol. The quantitative estimate of drug-likeness (QED) is 0.219. The standard InChI is InChI=1S/C34H37ClF2N4O5/c1-4-6-8-23(28-17-21(13-15-38-28)24-18-22(36)9-11-26(24)39-20(3)32(43)45-5-2)31(42)41-16-7-14-34(19-41)29-27(40-33(44)46-34)12-10-25(35)30(29)37/h9-13,15,17-18,20,23,39H,4-8,14,16,19H2,1-3H3,(H,40,44)/t20?,23?,34-/m0/s1. The van der Waals surface area contributed by atoms with Gasteiger partial charge in [0.05, 0.1) is 41.0 Å². The summed E-state index contributed by atoms with van der Waals surface area (Å²) in [7, 11) is 0. The summed E-state index contributed by atoms with van der Waals surface area (Å²) in [6.45, 7) is 5.97. The molecule has 2 N–H and O–H groups in total. The van der Waals surface area contributed by atoms with Crippen LogP contribution in [0.25, 0.3) is 11.1 Å². The van der Waals surface area contributed by atoms with Gasteiger partial charge >= 0.3 is 12.1 Å². The molecule has 0 aliphatic carbocycles. The van der Waals surface area contributed by atoms with Crippen LogP contribution in [0.5, 0.6) is 0 Å². The summed E-state index contributed by atoms with van der Waals surface area (Å²) in [5, 5.41) is 5.55. The zero-order valence-corrected chi connectivity index (χ0v) is 26.8. The van der Waals surface area contributed by atoms with Crippen molar-refractivity contribution < 1.29 is 32.6 Å². The zero-order chi connectivity index (χ0) is 33.0. The number of halogens is 3. The molecular formula is C34H37ClF2N4O5. The van der Waals surface area contributed by atoms with Crippen LogP contribution < -0.4 is 10.6 Å². The number of unbranched alkanes of at least 4 members (excludes halogenated alkanes) is 1. The van der Waals surface area contributed by atoms with E-state index >= 15 is 4.39 Å². The Balaban J connectivity index is 1.47. The number of likely N-dealkylation sites (tertiary alicyclic amines) is 1. The number of aromatic nitrogens is 1. The third-order valence-electron chi connectivity index (χ3n) is 8.43. The summed E-state index contributed by atoms with van der Waals surface area (Å²) in [6.07, 6.45) is 3.69. The van der Waals surface area contributed by atoms with Crippen molar-refractivity contribution in [1.29, 1.82) is 0 Å². The second kappa shape index (κ2) is 14.0. The van der Waals surface area contributed by atoms with Gasteiger partial charge in [0.1, 0.15) is 11.9 Å². The Morgan fingerprint density at radius 2 is 2.00 bits per heavy atom. The van der Waals surface area contributed by atoms with Crippen molar-refractivity contribution >= 4 is 40.9 Å². The van der Waals surface area contributed by atoms with Crippen molar-refractivity contribution in [2.24, 2.45) is 0 Å². The number of carbonyl (C=O) groups is 3. The van der Waals surface area contributed by atoms with E-state index < -0.39 is 41.3 Å². The Morgan fingerprint density at radius 3 is 2.76 bits per heavy atom. The van der Waals surface area contributed by atoms with E-state index in [4.69, 9.17) is 21.1 Å². The number of anilines is 2. The Bertz CT molecular complexity index is 1640.